The third kappa shape index (κ3) is 5.50. The summed E-state index contributed by atoms with van der Waals surface area (Å²) in [5.41, 5.74) is 0.978. The second-order valence-electron chi connectivity index (χ2n) is 5.69. The van der Waals surface area contributed by atoms with Crippen molar-refractivity contribution in [3.05, 3.63) is 66.2 Å². The fraction of sp³-hybridized carbons (Fsp3) is 0.316. The maximum atomic E-state index is 12.6. The summed E-state index contributed by atoms with van der Waals surface area (Å²) in [6.07, 6.45) is -1.68. The molecule has 4 heteroatoms. The smallest absolute Gasteiger partial charge is 0.225 e. The van der Waals surface area contributed by atoms with Gasteiger partial charge in [0.1, 0.15) is 0 Å². The molecule has 2 atom stereocenters. The van der Waals surface area contributed by atoms with Gasteiger partial charge in [0.2, 0.25) is 5.12 Å². The Hall–Kier alpha value is -1.62. The van der Waals surface area contributed by atoms with Gasteiger partial charge in [0.25, 0.3) is 0 Å². The third-order valence-corrected chi connectivity index (χ3v) is 4.40. The summed E-state index contributed by atoms with van der Waals surface area (Å²) >= 11 is 1.11. The van der Waals surface area contributed by atoms with Gasteiger partial charge in [-0.15, -0.1) is 0 Å². The Labute approximate surface area is 141 Å². The van der Waals surface area contributed by atoms with Gasteiger partial charge in [-0.25, -0.2) is 0 Å². The lowest BCUT2D eigenvalue weighted by atomic mass is 10.0. The molecule has 2 rings (SSSR count). The molecular formula is C19H22O3S. The highest BCUT2D eigenvalue weighted by Crippen LogP contribution is 2.24. The molecule has 0 fully saturated rings. The maximum Gasteiger partial charge on any atom is 0.225 e. The molecule has 0 saturated heterocycles. The first-order chi connectivity index (χ1) is 11.1. The molecule has 0 amide bonds. The van der Waals surface area contributed by atoms with Gasteiger partial charge in [-0.1, -0.05) is 62.4 Å². The van der Waals surface area contributed by atoms with Gasteiger partial charge in [0, 0.05) is 4.90 Å². The average molecular weight is 330 g/mol. The monoisotopic (exact) mass is 330 g/mol. The molecular weight excluding hydrogens is 308 g/mol. The number of aliphatic hydroxyl groups is 1. The number of rotatable bonds is 7. The molecule has 1 N–H and O–H groups in total. The number of benzene rings is 2. The quantitative estimate of drug-likeness (QED) is 0.782. The van der Waals surface area contributed by atoms with E-state index in [1.54, 1.807) is 0 Å². The van der Waals surface area contributed by atoms with Crippen LogP contribution in [-0.4, -0.2) is 22.4 Å². The second kappa shape index (κ2) is 8.87. The van der Waals surface area contributed by atoms with E-state index in [1.165, 1.54) is 0 Å². The van der Waals surface area contributed by atoms with Crippen molar-refractivity contribution >= 4 is 16.9 Å². The fourth-order valence-electron chi connectivity index (χ4n) is 2.08. The molecule has 0 aromatic heterocycles. The van der Waals surface area contributed by atoms with Crippen molar-refractivity contribution in [3.63, 3.8) is 0 Å². The minimum absolute atomic E-state index is 0.0592. The Balaban J connectivity index is 2.05. The molecule has 0 unspecified atom stereocenters. The van der Waals surface area contributed by atoms with Crippen molar-refractivity contribution in [2.45, 2.75) is 37.6 Å². The highest BCUT2D eigenvalue weighted by Gasteiger charge is 2.30. The number of thioether (sulfide) groups is 1. The van der Waals surface area contributed by atoms with Gasteiger partial charge >= 0.3 is 0 Å². The predicted octanol–water partition coefficient (Wildman–Crippen LogP) is 3.91. The summed E-state index contributed by atoms with van der Waals surface area (Å²) in [5, 5.41) is 10.2. The Morgan fingerprint density at radius 2 is 1.61 bits per heavy atom. The Bertz CT molecular complexity index is 599. The van der Waals surface area contributed by atoms with Crippen LogP contribution in [0.25, 0.3) is 0 Å². The van der Waals surface area contributed by atoms with E-state index in [1.807, 2.05) is 74.5 Å². The van der Waals surface area contributed by atoms with Crippen LogP contribution in [0.1, 0.15) is 19.4 Å². The fourth-order valence-corrected chi connectivity index (χ4v) is 2.93. The zero-order valence-corrected chi connectivity index (χ0v) is 14.2. The average Bonchev–Trinajstić information content (AvgIpc) is 2.56. The molecule has 0 aliphatic heterocycles. The van der Waals surface area contributed by atoms with Gasteiger partial charge in [0.05, 0.1) is 12.7 Å². The van der Waals surface area contributed by atoms with Crippen LogP contribution < -0.4 is 0 Å². The van der Waals surface area contributed by atoms with Crippen LogP contribution in [0.15, 0.2) is 65.6 Å². The van der Waals surface area contributed by atoms with Crippen molar-refractivity contribution in [2.24, 2.45) is 5.92 Å². The molecule has 0 heterocycles. The number of carbonyl (C=O) groups is 1. The SMILES string of the molecule is CC(C)[C@@H](O)[C@@H](OCc1ccccc1)C(=O)Sc1ccccc1. The van der Waals surface area contributed by atoms with Crippen molar-refractivity contribution in [1.82, 2.24) is 0 Å². The van der Waals surface area contributed by atoms with Crippen LogP contribution in [0.2, 0.25) is 0 Å². The Morgan fingerprint density at radius 3 is 2.17 bits per heavy atom. The lowest BCUT2D eigenvalue weighted by molar-refractivity contribution is -0.133. The minimum Gasteiger partial charge on any atom is -0.390 e. The first-order valence-corrected chi connectivity index (χ1v) is 8.50. The van der Waals surface area contributed by atoms with Gasteiger partial charge in [-0.2, -0.15) is 0 Å². The molecule has 23 heavy (non-hydrogen) atoms. The van der Waals surface area contributed by atoms with Gasteiger partial charge in [0.15, 0.2) is 6.10 Å². The van der Waals surface area contributed by atoms with Crippen molar-refractivity contribution in [2.75, 3.05) is 0 Å². The van der Waals surface area contributed by atoms with E-state index < -0.39 is 12.2 Å². The summed E-state index contributed by atoms with van der Waals surface area (Å²) < 4.78 is 5.76. The van der Waals surface area contributed by atoms with Crippen LogP contribution >= 0.6 is 11.8 Å². The molecule has 0 spiro atoms. The minimum atomic E-state index is -0.847. The van der Waals surface area contributed by atoms with E-state index in [0.29, 0.717) is 6.61 Å². The highest BCUT2D eigenvalue weighted by molar-refractivity contribution is 8.13. The van der Waals surface area contributed by atoms with E-state index >= 15 is 0 Å². The molecule has 0 radical (unpaired) electrons. The van der Waals surface area contributed by atoms with Crippen molar-refractivity contribution < 1.29 is 14.6 Å². The van der Waals surface area contributed by atoms with Crippen LogP contribution in [0.4, 0.5) is 0 Å². The Morgan fingerprint density at radius 1 is 1.04 bits per heavy atom. The summed E-state index contributed by atoms with van der Waals surface area (Å²) in [4.78, 5) is 13.4. The normalized spacial score (nSPS) is 13.7. The third-order valence-electron chi connectivity index (χ3n) is 3.46. The molecule has 2 aromatic carbocycles. The predicted molar refractivity (Wildman–Crippen MR) is 93.2 cm³/mol. The number of aliphatic hydroxyl groups excluding tert-OH is 1. The molecule has 3 nitrogen and oxygen atoms in total. The number of hydrogen-bond donors (Lipinski definition) is 1. The summed E-state index contributed by atoms with van der Waals surface area (Å²) in [6.45, 7) is 4.06. The summed E-state index contributed by atoms with van der Waals surface area (Å²) in [5.74, 6) is -0.0592. The summed E-state index contributed by atoms with van der Waals surface area (Å²) in [7, 11) is 0. The standard InChI is InChI=1S/C19H22O3S/c1-14(2)17(20)18(22-13-15-9-5-3-6-10-15)19(21)23-16-11-7-4-8-12-16/h3-12,14,17-18,20H,13H2,1-2H3/t17-,18-/m1/s1. The van der Waals surface area contributed by atoms with Crippen LogP contribution in [0, 0.1) is 5.92 Å². The van der Waals surface area contributed by atoms with E-state index in [0.717, 1.165) is 22.2 Å². The number of hydrogen-bond acceptors (Lipinski definition) is 4. The topological polar surface area (TPSA) is 46.5 Å². The summed E-state index contributed by atoms with van der Waals surface area (Å²) in [6, 6.07) is 19.1. The molecule has 0 bridgehead atoms. The van der Waals surface area contributed by atoms with Crippen molar-refractivity contribution in [1.29, 1.82) is 0 Å². The first kappa shape index (κ1) is 17.7. The van der Waals surface area contributed by atoms with Crippen LogP contribution in [0.3, 0.4) is 0 Å². The van der Waals surface area contributed by atoms with E-state index in [-0.39, 0.29) is 11.0 Å². The molecule has 0 saturated carbocycles. The van der Waals surface area contributed by atoms with E-state index in [9.17, 15) is 9.90 Å². The Kier molecular flexibility index (Phi) is 6.84. The van der Waals surface area contributed by atoms with Crippen LogP contribution in [-0.2, 0) is 16.1 Å². The number of carbonyl (C=O) groups excluding carboxylic acids is 1. The molecule has 2 aromatic rings. The zero-order chi connectivity index (χ0) is 16.7. The van der Waals surface area contributed by atoms with E-state index in [4.69, 9.17) is 4.74 Å². The first-order valence-electron chi connectivity index (χ1n) is 7.68. The van der Waals surface area contributed by atoms with Crippen LogP contribution in [0.5, 0.6) is 0 Å². The molecule has 0 aliphatic carbocycles. The van der Waals surface area contributed by atoms with Gasteiger partial charge in [-0.05, 0) is 35.4 Å². The molecule has 0 aliphatic rings. The second-order valence-corrected chi connectivity index (χ2v) is 6.76. The maximum absolute atomic E-state index is 12.6. The van der Waals surface area contributed by atoms with Crippen molar-refractivity contribution in [3.8, 4) is 0 Å². The van der Waals surface area contributed by atoms with E-state index in [2.05, 4.69) is 0 Å². The van der Waals surface area contributed by atoms with Gasteiger partial charge in [-0.3, -0.25) is 4.79 Å². The largest absolute Gasteiger partial charge is 0.390 e. The number of ether oxygens (including phenoxy) is 1. The molecule has 122 valence electrons. The van der Waals surface area contributed by atoms with Gasteiger partial charge < -0.3 is 9.84 Å². The highest BCUT2D eigenvalue weighted by atomic mass is 32.2. The zero-order valence-electron chi connectivity index (χ0n) is 13.4. The lowest BCUT2D eigenvalue weighted by Gasteiger charge is -2.24. The lowest BCUT2D eigenvalue weighted by Crippen LogP contribution is -2.38.